The molecule has 1 aliphatic rings. The zero-order valence-electron chi connectivity index (χ0n) is 10.1. The maximum absolute atomic E-state index is 9.65. The molecule has 0 saturated heterocycles. The van der Waals surface area contributed by atoms with E-state index in [0.29, 0.717) is 0 Å². The SMILES string of the molecule is Cc1nn(C)c(CC2(C)CCC(O)C2)c1Br. The van der Waals surface area contributed by atoms with Crippen molar-refractivity contribution in [1.29, 1.82) is 0 Å². The van der Waals surface area contributed by atoms with Crippen molar-refractivity contribution < 1.29 is 5.11 Å². The van der Waals surface area contributed by atoms with E-state index in [1.165, 1.54) is 5.69 Å². The molecular formula is C12H19BrN2O. The smallest absolute Gasteiger partial charge is 0.0738 e. The predicted octanol–water partition coefficient (Wildman–Crippen LogP) is 2.58. The second-order valence-corrected chi connectivity index (χ2v) is 6.15. The van der Waals surface area contributed by atoms with Gasteiger partial charge in [0.05, 0.1) is 22.0 Å². The highest BCUT2D eigenvalue weighted by Crippen LogP contribution is 2.41. The number of rotatable bonds is 2. The number of halogens is 1. The molecule has 0 aromatic carbocycles. The summed E-state index contributed by atoms with van der Waals surface area (Å²) in [5, 5.41) is 14.1. The van der Waals surface area contributed by atoms with Gasteiger partial charge in [-0.25, -0.2) is 0 Å². The number of hydrogen-bond donors (Lipinski definition) is 1. The molecule has 1 heterocycles. The highest BCUT2D eigenvalue weighted by Gasteiger charge is 2.35. The van der Waals surface area contributed by atoms with Crippen LogP contribution in [0.2, 0.25) is 0 Å². The molecule has 1 aliphatic carbocycles. The number of aryl methyl sites for hydroxylation is 2. The average molecular weight is 287 g/mol. The zero-order chi connectivity index (χ0) is 11.9. The molecule has 0 radical (unpaired) electrons. The van der Waals surface area contributed by atoms with Crippen LogP contribution in [0.25, 0.3) is 0 Å². The van der Waals surface area contributed by atoms with Crippen LogP contribution >= 0.6 is 15.9 Å². The molecule has 3 nitrogen and oxygen atoms in total. The van der Waals surface area contributed by atoms with Crippen LogP contribution in [-0.2, 0) is 13.5 Å². The Morgan fingerprint density at radius 3 is 2.75 bits per heavy atom. The second-order valence-electron chi connectivity index (χ2n) is 5.35. The second kappa shape index (κ2) is 4.15. The van der Waals surface area contributed by atoms with E-state index in [4.69, 9.17) is 0 Å². The van der Waals surface area contributed by atoms with Crippen LogP contribution < -0.4 is 0 Å². The fourth-order valence-corrected chi connectivity index (χ4v) is 3.20. The van der Waals surface area contributed by atoms with Crippen LogP contribution in [0.4, 0.5) is 0 Å². The molecule has 0 spiro atoms. The van der Waals surface area contributed by atoms with Crippen LogP contribution in [0, 0.1) is 12.3 Å². The van der Waals surface area contributed by atoms with Crippen LogP contribution in [0.15, 0.2) is 4.47 Å². The van der Waals surface area contributed by atoms with Gasteiger partial charge in [-0.2, -0.15) is 5.10 Å². The minimum absolute atomic E-state index is 0.113. The highest BCUT2D eigenvalue weighted by molar-refractivity contribution is 9.10. The number of aliphatic hydroxyl groups is 1. The standard InChI is InChI=1S/C12H19BrN2O/c1-8-11(13)10(15(3)14-8)7-12(2)5-4-9(16)6-12/h9,16H,4-7H2,1-3H3. The summed E-state index contributed by atoms with van der Waals surface area (Å²) in [7, 11) is 1.99. The summed E-state index contributed by atoms with van der Waals surface area (Å²) in [6, 6.07) is 0. The van der Waals surface area contributed by atoms with Gasteiger partial charge in [-0.05, 0) is 54.0 Å². The molecule has 1 saturated carbocycles. The molecule has 2 atom stereocenters. The van der Waals surface area contributed by atoms with E-state index < -0.39 is 0 Å². The van der Waals surface area contributed by atoms with Gasteiger partial charge in [0.15, 0.2) is 0 Å². The summed E-state index contributed by atoms with van der Waals surface area (Å²) in [5.74, 6) is 0. The average Bonchev–Trinajstić information content (AvgIpc) is 2.63. The molecule has 16 heavy (non-hydrogen) atoms. The van der Waals surface area contributed by atoms with Crippen molar-refractivity contribution in [2.45, 2.75) is 45.6 Å². The van der Waals surface area contributed by atoms with Gasteiger partial charge >= 0.3 is 0 Å². The molecule has 2 unspecified atom stereocenters. The summed E-state index contributed by atoms with van der Waals surface area (Å²) in [6.45, 7) is 4.28. The molecule has 90 valence electrons. The lowest BCUT2D eigenvalue weighted by Crippen LogP contribution is -2.19. The lowest BCUT2D eigenvalue weighted by atomic mass is 9.83. The van der Waals surface area contributed by atoms with Crippen molar-refractivity contribution in [3.8, 4) is 0 Å². The molecule has 2 rings (SSSR count). The highest BCUT2D eigenvalue weighted by atomic mass is 79.9. The number of aliphatic hydroxyl groups excluding tert-OH is 1. The molecule has 0 aliphatic heterocycles. The Morgan fingerprint density at radius 2 is 2.31 bits per heavy atom. The molecule has 0 bridgehead atoms. The van der Waals surface area contributed by atoms with Crippen LogP contribution in [-0.4, -0.2) is 21.0 Å². The maximum Gasteiger partial charge on any atom is 0.0738 e. The van der Waals surface area contributed by atoms with E-state index in [9.17, 15) is 5.11 Å². The quantitative estimate of drug-likeness (QED) is 0.908. The van der Waals surface area contributed by atoms with E-state index >= 15 is 0 Å². The van der Waals surface area contributed by atoms with Crippen molar-refractivity contribution in [2.24, 2.45) is 12.5 Å². The van der Waals surface area contributed by atoms with Crippen LogP contribution in [0.1, 0.15) is 37.6 Å². The molecule has 1 aromatic heterocycles. The lowest BCUT2D eigenvalue weighted by Gasteiger charge is -2.23. The molecule has 1 fully saturated rings. The first-order valence-corrected chi connectivity index (χ1v) is 6.57. The van der Waals surface area contributed by atoms with Crippen molar-refractivity contribution in [3.63, 3.8) is 0 Å². The molecule has 1 aromatic rings. The van der Waals surface area contributed by atoms with Gasteiger partial charge in [0, 0.05) is 7.05 Å². The number of nitrogens with zero attached hydrogens (tertiary/aromatic N) is 2. The topological polar surface area (TPSA) is 38.0 Å². The van der Waals surface area contributed by atoms with Gasteiger partial charge in [0.2, 0.25) is 0 Å². The number of aromatic nitrogens is 2. The van der Waals surface area contributed by atoms with E-state index in [0.717, 1.165) is 35.8 Å². The van der Waals surface area contributed by atoms with Gasteiger partial charge < -0.3 is 5.11 Å². The third-order valence-corrected chi connectivity index (χ3v) is 4.70. The van der Waals surface area contributed by atoms with E-state index in [2.05, 4.69) is 28.0 Å². The fraction of sp³-hybridized carbons (Fsp3) is 0.750. The Bertz CT molecular complexity index is 402. The summed E-state index contributed by atoms with van der Waals surface area (Å²) < 4.78 is 3.08. The van der Waals surface area contributed by atoms with Crippen molar-refractivity contribution >= 4 is 15.9 Å². The Hall–Kier alpha value is -0.350. The normalized spacial score (nSPS) is 29.9. The van der Waals surface area contributed by atoms with Gasteiger partial charge in [0.1, 0.15) is 0 Å². The molecule has 4 heteroatoms. The fourth-order valence-electron chi connectivity index (χ4n) is 2.72. The molecular weight excluding hydrogens is 268 g/mol. The maximum atomic E-state index is 9.65. The summed E-state index contributed by atoms with van der Waals surface area (Å²) in [6.07, 6.45) is 3.82. The summed E-state index contributed by atoms with van der Waals surface area (Å²) in [4.78, 5) is 0. The van der Waals surface area contributed by atoms with Crippen LogP contribution in [0.3, 0.4) is 0 Å². The Kier molecular flexibility index (Phi) is 3.14. The van der Waals surface area contributed by atoms with Crippen LogP contribution in [0.5, 0.6) is 0 Å². The first kappa shape index (κ1) is 12.1. The first-order chi connectivity index (χ1) is 7.41. The van der Waals surface area contributed by atoms with Gasteiger partial charge in [0.25, 0.3) is 0 Å². The van der Waals surface area contributed by atoms with Gasteiger partial charge in [-0.1, -0.05) is 6.92 Å². The van der Waals surface area contributed by atoms with Gasteiger partial charge in [-0.15, -0.1) is 0 Å². The number of hydrogen-bond acceptors (Lipinski definition) is 2. The predicted molar refractivity (Wildman–Crippen MR) is 67.3 cm³/mol. The van der Waals surface area contributed by atoms with Crippen molar-refractivity contribution in [1.82, 2.24) is 9.78 Å². The summed E-state index contributed by atoms with van der Waals surface area (Å²) in [5.41, 5.74) is 2.51. The first-order valence-electron chi connectivity index (χ1n) is 5.77. The Labute approximate surface area is 105 Å². The van der Waals surface area contributed by atoms with E-state index in [-0.39, 0.29) is 11.5 Å². The zero-order valence-corrected chi connectivity index (χ0v) is 11.7. The minimum Gasteiger partial charge on any atom is -0.393 e. The van der Waals surface area contributed by atoms with Gasteiger partial charge in [-0.3, -0.25) is 4.68 Å². The summed E-state index contributed by atoms with van der Waals surface area (Å²) >= 11 is 3.60. The third kappa shape index (κ3) is 2.18. The molecule has 1 N–H and O–H groups in total. The lowest BCUT2D eigenvalue weighted by molar-refractivity contribution is 0.163. The van der Waals surface area contributed by atoms with E-state index in [1.807, 2.05) is 18.7 Å². The monoisotopic (exact) mass is 286 g/mol. The van der Waals surface area contributed by atoms with Crippen molar-refractivity contribution in [2.75, 3.05) is 0 Å². The minimum atomic E-state index is -0.113. The van der Waals surface area contributed by atoms with Crippen molar-refractivity contribution in [3.05, 3.63) is 15.9 Å². The van der Waals surface area contributed by atoms with E-state index in [1.54, 1.807) is 0 Å². The Morgan fingerprint density at radius 1 is 1.62 bits per heavy atom. The molecule has 0 amide bonds. The third-order valence-electron chi connectivity index (χ3n) is 3.67. The largest absolute Gasteiger partial charge is 0.393 e. The Balaban J connectivity index is 2.21.